The maximum atomic E-state index is 12.1. The van der Waals surface area contributed by atoms with E-state index in [2.05, 4.69) is 5.10 Å². The Morgan fingerprint density at radius 2 is 1.83 bits per heavy atom. The van der Waals surface area contributed by atoms with Gasteiger partial charge < -0.3 is 0 Å². The molecule has 0 aliphatic rings. The van der Waals surface area contributed by atoms with Crippen LogP contribution in [0.4, 0.5) is 5.69 Å². The predicted octanol–water partition coefficient (Wildman–Crippen LogP) is 3.12. The van der Waals surface area contributed by atoms with Gasteiger partial charge in [-0.2, -0.15) is 9.78 Å². The maximum absolute atomic E-state index is 12.1. The summed E-state index contributed by atoms with van der Waals surface area (Å²) >= 11 is 0. The molecule has 0 N–H and O–H groups in total. The summed E-state index contributed by atoms with van der Waals surface area (Å²) in [6.07, 6.45) is 0. The number of rotatable bonds is 3. The van der Waals surface area contributed by atoms with Crippen molar-refractivity contribution in [3.05, 3.63) is 86.7 Å². The molecule has 0 unspecified atom stereocenters. The van der Waals surface area contributed by atoms with Crippen LogP contribution < -0.4 is 5.56 Å². The van der Waals surface area contributed by atoms with Crippen molar-refractivity contribution in [3.63, 3.8) is 0 Å². The summed E-state index contributed by atoms with van der Waals surface area (Å²) in [6, 6.07) is 16.6. The van der Waals surface area contributed by atoms with Crippen LogP contribution in [-0.4, -0.2) is 14.7 Å². The first-order valence-electron chi connectivity index (χ1n) is 6.97. The second-order valence-electron chi connectivity index (χ2n) is 5.06. The highest BCUT2D eigenvalue weighted by atomic mass is 16.6. The molecule has 0 amide bonds. The standard InChI is InChI=1S/C17H13N3O3/c1-12-5-2-3-8-16(12)19-17(21)10-9-15(18-19)13-6-4-7-14(11-13)20(22)23/h2-11H,1H3. The zero-order chi connectivity index (χ0) is 16.4. The SMILES string of the molecule is Cc1ccccc1-n1nc(-c2cccc([N+](=O)[O-])c2)ccc1=O. The first kappa shape index (κ1) is 14.6. The Kier molecular flexibility index (Phi) is 3.72. The van der Waals surface area contributed by atoms with Crippen LogP contribution in [0.2, 0.25) is 0 Å². The second-order valence-corrected chi connectivity index (χ2v) is 5.06. The number of nitro benzene ring substituents is 1. The van der Waals surface area contributed by atoms with Gasteiger partial charge in [0.05, 0.1) is 16.3 Å². The zero-order valence-electron chi connectivity index (χ0n) is 12.3. The number of nitrogens with zero attached hydrogens (tertiary/aromatic N) is 3. The quantitative estimate of drug-likeness (QED) is 0.550. The van der Waals surface area contributed by atoms with Gasteiger partial charge in [0.2, 0.25) is 0 Å². The molecule has 0 radical (unpaired) electrons. The third-order valence-electron chi connectivity index (χ3n) is 3.50. The van der Waals surface area contributed by atoms with Crippen molar-refractivity contribution < 1.29 is 4.92 Å². The van der Waals surface area contributed by atoms with Gasteiger partial charge in [-0.25, -0.2) is 0 Å². The van der Waals surface area contributed by atoms with Crippen molar-refractivity contribution in [2.24, 2.45) is 0 Å². The fourth-order valence-electron chi connectivity index (χ4n) is 2.32. The summed E-state index contributed by atoms with van der Waals surface area (Å²) in [5, 5.41) is 15.3. The Labute approximate surface area is 131 Å². The molecule has 1 aromatic heterocycles. The number of nitro groups is 1. The van der Waals surface area contributed by atoms with E-state index in [0.29, 0.717) is 16.9 Å². The van der Waals surface area contributed by atoms with Gasteiger partial charge in [0.25, 0.3) is 11.2 Å². The number of hydrogen-bond donors (Lipinski definition) is 0. The number of para-hydroxylation sites is 1. The van der Waals surface area contributed by atoms with Crippen molar-refractivity contribution in [2.75, 3.05) is 0 Å². The topological polar surface area (TPSA) is 78.0 Å². The van der Waals surface area contributed by atoms with Crippen LogP contribution in [0.3, 0.4) is 0 Å². The van der Waals surface area contributed by atoms with Crippen LogP contribution in [0.1, 0.15) is 5.56 Å². The van der Waals surface area contributed by atoms with Crippen LogP contribution in [0.15, 0.2) is 65.5 Å². The van der Waals surface area contributed by atoms with E-state index in [1.807, 2.05) is 25.1 Å². The highest BCUT2D eigenvalue weighted by molar-refractivity contribution is 5.62. The van der Waals surface area contributed by atoms with Crippen LogP contribution in [0, 0.1) is 17.0 Å². The minimum Gasteiger partial charge on any atom is -0.267 e. The van der Waals surface area contributed by atoms with E-state index in [0.717, 1.165) is 5.56 Å². The minimum atomic E-state index is -0.457. The Morgan fingerprint density at radius 1 is 1.04 bits per heavy atom. The van der Waals surface area contributed by atoms with Gasteiger partial charge in [0.15, 0.2) is 0 Å². The van der Waals surface area contributed by atoms with Gasteiger partial charge in [-0.15, -0.1) is 0 Å². The third-order valence-corrected chi connectivity index (χ3v) is 3.50. The molecular weight excluding hydrogens is 294 g/mol. The molecule has 6 heteroatoms. The van der Waals surface area contributed by atoms with Gasteiger partial charge in [0.1, 0.15) is 0 Å². The molecule has 0 atom stereocenters. The number of non-ortho nitro benzene ring substituents is 1. The van der Waals surface area contributed by atoms with E-state index >= 15 is 0 Å². The molecule has 0 saturated heterocycles. The lowest BCUT2D eigenvalue weighted by Crippen LogP contribution is -2.21. The number of benzene rings is 2. The van der Waals surface area contributed by atoms with Crippen molar-refractivity contribution in [2.45, 2.75) is 6.92 Å². The molecule has 23 heavy (non-hydrogen) atoms. The maximum Gasteiger partial charge on any atom is 0.271 e. The number of aromatic nitrogens is 2. The molecule has 0 fully saturated rings. The molecular formula is C17H13N3O3. The summed E-state index contributed by atoms with van der Waals surface area (Å²) < 4.78 is 1.31. The molecule has 0 aliphatic carbocycles. The van der Waals surface area contributed by atoms with E-state index in [1.165, 1.54) is 22.9 Å². The monoisotopic (exact) mass is 307 g/mol. The van der Waals surface area contributed by atoms with Crippen molar-refractivity contribution >= 4 is 5.69 Å². The van der Waals surface area contributed by atoms with Crippen LogP contribution >= 0.6 is 0 Å². The Bertz CT molecular complexity index is 948. The van der Waals surface area contributed by atoms with Crippen LogP contribution in [-0.2, 0) is 0 Å². The van der Waals surface area contributed by atoms with Gasteiger partial charge >= 0.3 is 0 Å². The average Bonchev–Trinajstić information content (AvgIpc) is 2.56. The lowest BCUT2D eigenvalue weighted by atomic mass is 10.1. The molecule has 6 nitrogen and oxygen atoms in total. The summed E-state index contributed by atoms with van der Waals surface area (Å²) in [5.41, 5.74) is 2.41. The first-order valence-corrected chi connectivity index (χ1v) is 6.97. The van der Waals surface area contributed by atoms with Crippen molar-refractivity contribution in [1.82, 2.24) is 9.78 Å². The summed E-state index contributed by atoms with van der Waals surface area (Å²) in [4.78, 5) is 22.6. The summed E-state index contributed by atoms with van der Waals surface area (Å²) in [7, 11) is 0. The van der Waals surface area contributed by atoms with Crippen molar-refractivity contribution in [1.29, 1.82) is 0 Å². The molecule has 0 saturated carbocycles. The van der Waals surface area contributed by atoms with E-state index in [9.17, 15) is 14.9 Å². The van der Waals surface area contributed by atoms with E-state index < -0.39 is 4.92 Å². The Morgan fingerprint density at radius 3 is 2.57 bits per heavy atom. The van der Waals surface area contributed by atoms with Gasteiger partial charge in [-0.1, -0.05) is 30.3 Å². The molecule has 114 valence electrons. The first-order chi connectivity index (χ1) is 11.1. The fourth-order valence-corrected chi connectivity index (χ4v) is 2.32. The van der Waals surface area contributed by atoms with Gasteiger partial charge in [-0.05, 0) is 24.6 Å². The van der Waals surface area contributed by atoms with Crippen LogP contribution in [0.5, 0.6) is 0 Å². The Balaban J connectivity index is 2.15. The van der Waals surface area contributed by atoms with E-state index in [1.54, 1.807) is 24.3 Å². The zero-order valence-corrected chi connectivity index (χ0v) is 12.3. The lowest BCUT2D eigenvalue weighted by molar-refractivity contribution is -0.384. The van der Waals surface area contributed by atoms with E-state index in [4.69, 9.17) is 0 Å². The molecule has 3 aromatic rings. The van der Waals surface area contributed by atoms with Gasteiger partial charge in [-0.3, -0.25) is 14.9 Å². The average molecular weight is 307 g/mol. The van der Waals surface area contributed by atoms with Gasteiger partial charge in [0, 0.05) is 23.8 Å². The third kappa shape index (κ3) is 2.87. The largest absolute Gasteiger partial charge is 0.271 e. The molecule has 0 spiro atoms. The smallest absolute Gasteiger partial charge is 0.267 e. The Hall–Kier alpha value is -3.28. The highest BCUT2D eigenvalue weighted by Gasteiger charge is 2.10. The second kappa shape index (κ2) is 5.84. The van der Waals surface area contributed by atoms with Crippen molar-refractivity contribution in [3.8, 4) is 16.9 Å². The molecule has 0 bridgehead atoms. The summed E-state index contributed by atoms with van der Waals surface area (Å²) in [5.74, 6) is 0. The molecule has 2 aromatic carbocycles. The molecule has 3 rings (SSSR count). The number of hydrogen-bond acceptors (Lipinski definition) is 4. The molecule has 1 heterocycles. The predicted molar refractivity (Wildman–Crippen MR) is 86.7 cm³/mol. The minimum absolute atomic E-state index is 0.0158. The highest BCUT2D eigenvalue weighted by Crippen LogP contribution is 2.22. The summed E-state index contributed by atoms with van der Waals surface area (Å²) in [6.45, 7) is 1.89. The normalized spacial score (nSPS) is 10.5. The lowest BCUT2D eigenvalue weighted by Gasteiger charge is -2.09. The molecule has 0 aliphatic heterocycles. The number of aryl methyl sites for hydroxylation is 1. The van der Waals surface area contributed by atoms with Crippen LogP contribution in [0.25, 0.3) is 16.9 Å². The van der Waals surface area contributed by atoms with E-state index in [-0.39, 0.29) is 11.2 Å². The fraction of sp³-hybridized carbons (Fsp3) is 0.0588.